The Morgan fingerprint density at radius 1 is 1.13 bits per heavy atom. The number of fused-ring (bicyclic) bond motifs is 1. The van der Waals surface area contributed by atoms with Gasteiger partial charge in [-0.2, -0.15) is 0 Å². The first-order valence-electron chi connectivity index (χ1n) is 10.3. The van der Waals surface area contributed by atoms with Crippen molar-refractivity contribution in [3.63, 3.8) is 0 Å². The van der Waals surface area contributed by atoms with Crippen LogP contribution in [0.1, 0.15) is 32.5 Å². The zero-order chi connectivity index (χ0) is 21.3. The van der Waals surface area contributed by atoms with Gasteiger partial charge in [-0.1, -0.05) is 37.6 Å². The Kier molecular flexibility index (Phi) is 7.57. The van der Waals surface area contributed by atoms with E-state index in [0.29, 0.717) is 41.3 Å². The molecule has 0 bridgehead atoms. The predicted octanol–water partition coefficient (Wildman–Crippen LogP) is 3.56. The monoisotopic (exact) mass is 408 g/mol. The third-order valence-electron chi connectivity index (χ3n) is 4.69. The van der Waals surface area contributed by atoms with Crippen molar-refractivity contribution < 1.29 is 9.53 Å². The molecule has 0 aliphatic carbocycles. The van der Waals surface area contributed by atoms with Crippen molar-refractivity contribution in [2.75, 3.05) is 25.0 Å². The largest absolute Gasteiger partial charge is 0.492 e. The SMILES string of the molecule is CCCCN(CC(=O)Nc1ccccc1OCC)Cc1nc2ccccc2c(=O)[nH]1. The molecule has 0 radical (unpaired) electrons. The molecule has 0 fully saturated rings. The lowest BCUT2D eigenvalue weighted by Crippen LogP contribution is -2.34. The molecule has 1 amide bonds. The van der Waals surface area contributed by atoms with Gasteiger partial charge in [0.1, 0.15) is 11.6 Å². The van der Waals surface area contributed by atoms with Gasteiger partial charge in [-0.25, -0.2) is 4.98 Å². The van der Waals surface area contributed by atoms with Crippen LogP contribution in [0, 0.1) is 0 Å². The summed E-state index contributed by atoms with van der Waals surface area (Å²) < 4.78 is 5.58. The number of para-hydroxylation sites is 3. The van der Waals surface area contributed by atoms with E-state index in [1.54, 1.807) is 6.07 Å². The number of ether oxygens (including phenoxy) is 1. The highest BCUT2D eigenvalue weighted by Gasteiger charge is 2.15. The third kappa shape index (κ3) is 5.67. The molecular formula is C23H28N4O3. The van der Waals surface area contributed by atoms with E-state index in [9.17, 15) is 9.59 Å². The molecule has 3 aromatic rings. The van der Waals surface area contributed by atoms with Crippen LogP contribution in [0.25, 0.3) is 10.9 Å². The van der Waals surface area contributed by atoms with E-state index in [1.807, 2.05) is 54.3 Å². The molecule has 0 unspecified atom stereocenters. The number of rotatable bonds is 10. The number of carbonyl (C=O) groups is 1. The summed E-state index contributed by atoms with van der Waals surface area (Å²) in [5.74, 6) is 1.06. The van der Waals surface area contributed by atoms with Gasteiger partial charge in [0, 0.05) is 0 Å². The standard InChI is InChI=1S/C23H28N4O3/c1-3-5-14-27(15-21-24-18-11-7-6-10-17(18)23(29)26-21)16-22(28)25-19-12-8-9-13-20(19)30-4-2/h6-13H,3-5,14-16H2,1-2H3,(H,25,28)(H,24,26,29). The van der Waals surface area contributed by atoms with Crippen LogP contribution in [0.3, 0.4) is 0 Å². The molecule has 7 heteroatoms. The van der Waals surface area contributed by atoms with Crippen molar-refractivity contribution in [2.24, 2.45) is 0 Å². The van der Waals surface area contributed by atoms with Crippen LogP contribution in [0.5, 0.6) is 5.75 Å². The first kappa shape index (κ1) is 21.5. The summed E-state index contributed by atoms with van der Waals surface area (Å²) in [6, 6.07) is 14.6. The predicted molar refractivity (Wildman–Crippen MR) is 119 cm³/mol. The first-order valence-corrected chi connectivity index (χ1v) is 10.3. The number of aromatic nitrogens is 2. The van der Waals surface area contributed by atoms with Gasteiger partial charge in [-0.3, -0.25) is 14.5 Å². The Labute approximate surface area is 176 Å². The van der Waals surface area contributed by atoms with Crippen LogP contribution >= 0.6 is 0 Å². The minimum absolute atomic E-state index is 0.138. The van der Waals surface area contributed by atoms with Crippen LogP contribution in [-0.2, 0) is 11.3 Å². The van der Waals surface area contributed by atoms with Gasteiger partial charge in [-0.05, 0) is 44.2 Å². The van der Waals surface area contributed by atoms with Gasteiger partial charge in [0.25, 0.3) is 5.56 Å². The minimum Gasteiger partial charge on any atom is -0.492 e. The number of carbonyl (C=O) groups excluding carboxylic acids is 1. The highest BCUT2D eigenvalue weighted by Crippen LogP contribution is 2.23. The van der Waals surface area contributed by atoms with Crippen molar-refractivity contribution in [1.29, 1.82) is 0 Å². The highest BCUT2D eigenvalue weighted by molar-refractivity contribution is 5.93. The Balaban J connectivity index is 1.73. The molecule has 0 saturated carbocycles. The Morgan fingerprint density at radius 2 is 1.90 bits per heavy atom. The van der Waals surface area contributed by atoms with E-state index < -0.39 is 0 Å². The number of amides is 1. The van der Waals surface area contributed by atoms with Gasteiger partial charge in [-0.15, -0.1) is 0 Å². The lowest BCUT2D eigenvalue weighted by molar-refractivity contribution is -0.117. The molecule has 0 saturated heterocycles. The van der Waals surface area contributed by atoms with E-state index in [1.165, 1.54) is 0 Å². The summed E-state index contributed by atoms with van der Waals surface area (Å²) >= 11 is 0. The summed E-state index contributed by atoms with van der Waals surface area (Å²) in [4.78, 5) is 34.5. The smallest absolute Gasteiger partial charge is 0.258 e. The molecule has 0 atom stereocenters. The van der Waals surface area contributed by atoms with Crippen LogP contribution in [0.2, 0.25) is 0 Å². The molecule has 0 spiro atoms. The molecular weight excluding hydrogens is 380 g/mol. The molecule has 30 heavy (non-hydrogen) atoms. The fourth-order valence-electron chi connectivity index (χ4n) is 3.26. The Hall–Kier alpha value is -3.19. The lowest BCUT2D eigenvalue weighted by Gasteiger charge is -2.21. The zero-order valence-corrected chi connectivity index (χ0v) is 17.5. The minimum atomic E-state index is -0.166. The molecule has 2 aromatic carbocycles. The van der Waals surface area contributed by atoms with Crippen molar-refractivity contribution in [2.45, 2.75) is 33.2 Å². The number of hydrogen-bond acceptors (Lipinski definition) is 5. The second-order valence-electron chi connectivity index (χ2n) is 7.07. The maximum atomic E-state index is 12.7. The number of nitrogens with zero attached hydrogens (tertiary/aromatic N) is 2. The van der Waals surface area contributed by atoms with Gasteiger partial charge in [0.15, 0.2) is 0 Å². The van der Waals surface area contributed by atoms with E-state index in [-0.39, 0.29) is 18.0 Å². The average Bonchev–Trinajstić information content (AvgIpc) is 2.73. The lowest BCUT2D eigenvalue weighted by atomic mass is 10.2. The van der Waals surface area contributed by atoms with E-state index in [4.69, 9.17) is 4.74 Å². The Bertz CT molecular complexity index is 1050. The average molecular weight is 409 g/mol. The van der Waals surface area contributed by atoms with Gasteiger partial charge in [0.2, 0.25) is 5.91 Å². The molecule has 1 aromatic heterocycles. The number of benzene rings is 2. The number of unbranched alkanes of at least 4 members (excludes halogenated alkanes) is 1. The number of anilines is 1. The number of nitrogens with one attached hydrogen (secondary N) is 2. The van der Waals surface area contributed by atoms with Crippen molar-refractivity contribution in [3.8, 4) is 5.75 Å². The highest BCUT2D eigenvalue weighted by atomic mass is 16.5. The van der Waals surface area contributed by atoms with E-state index >= 15 is 0 Å². The number of aromatic amines is 1. The summed E-state index contributed by atoms with van der Waals surface area (Å²) in [6.45, 7) is 5.84. The normalized spacial score (nSPS) is 11.0. The van der Waals surface area contributed by atoms with Gasteiger partial charge in [0.05, 0.1) is 36.3 Å². The fraction of sp³-hybridized carbons (Fsp3) is 0.348. The second kappa shape index (κ2) is 10.5. The second-order valence-corrected chi connectivity index (χ2v) is 7.07. The fourth-order valence-corrected chi connectivity index (χ4v) is 3.26. The molecule has 7 nitrogen and oxygen atoms in total. The summed E-state index contributed by atoms with van der Waals surface area (Å²) in [6.07, 6.45) is 1.95. The van der Waals surface area contributed by atoms with Gasteiger partial charge >= 0.3 is 0 Å². The summed E-state index contributed by atoms with van der Waals surface area (Å²) in [5.41, 5.74) is 1.14. The summed E-state index contributed by atoms with van der Waals surface area (Å²) in [5, 5.41) is 3.49. The number of hydrogen-bond donors (Lipinski definition) is 2. The van der Waals surface area contributed by atoms with Gasteiger partial charge < -0.3 is 15.0 Å². The summed E-state index contributed by atoms with van der Waals surface area (Å²) in [7, 11) is 0. The van der Waals surface area contributed by atoms with Crippen molar-refractivity contribution in [3.05, 3.63) is 64.7 Å². The maximum Gasteiger partial charge on any atom is 0.258 e. The quantitative estimate of drug-likeness (QED) is 0.536. The zero-order valence-electron chi connectivity index (χ0n) is 17.5. The third-order valence-corrected chi connectivity index (χ3v) is 4.69. The molecule has 1 heterocycles. The van der Waals surface area contributed by atoms with E-state index in [0.717, 1.165) is 19.4 Å². The molecule has 158 valence electrons. The number of H-pyrrole nitrogens is 1. The molecule has 3 rings (SSSR count). The molecule has 0 aliphatic rings. The maximum absolute atomic E-state index is 12.7. The molecule has 0 aliphatic heterocycles. The topological polar surface area (TPSA) is 87.3 Å². The molecule has 2 N–H and O–H groups in total. The van der Waals surface area contributed by atoms with Crippen molar-refractivity contribution >= 4 is 22.5 Å². The van der Waals surface area contributed by atoms with Crippen LogP contribution in [0.4, 0.5) is 5.69 Å². The Morgan fingerprint density at radius 3 is 2.70 bits per heavy atom. The van der Waals surface area contributed by atoms with E-state index in [2.05, 4.69) is 22.2 Å². The van der Waals surface area contributed by atoms with Crippen LogP contribution < -0.4 is 15.6 Å². The van der Waals surface area contributed by atoms with Crippen molar-refractivity contribution in [1.82, 2.24) is 14.9 Å². The van der Waals surface area contributed by atoms with Crippen LogP contribution in [0.15, 0.2) is 53.3 Å². The first-order chi connectivity index (χ1) is 14.6. The van der Waals surface area contributed by atoms with Crippen LogP contribution in [-0.4, -0.2) is 40.5 Å².